The number of sulfonamides is 1. The van der Waals surface area contributed by atoms with Crippen molar-refractivity contribution in [1.82, 2.24) is 4.98 Å². The number of hydrogen-bond acceptors (Lipinski definition) is 5. The second kappa shape index (κ2) is 5.25. The molecule has 0 saturated carbocycles. The predicted molar refractivity (Wildman–Crippen MR) is 72.9 cm³/mol. The first-order valence-corrected chi connectivity index (χ1v) is 7.00. The molecule has 0 atom stereocenters. The molecule has 1 aromatic carbocycles. The number of anilines is 1. The predicted octanol–water partition coefficient (Wildman–Crippen LogP) is 1.81. The largest absolute Gasteiger partial charge is 0.270 e. The number of nitrogens with zero attached hydrogens (tertiary/aromatic N) is 3. The van der Waals surface area contributed by atoms with Gasteiger partial charge in [-0.2, -0.15) is 0 Å². The lowest BCUT2D eigenvalue weighted by atomic mass is 10.3. The zero-order chi connectivity index (χ0) is 14.8. The summed E-state index contributed by atoms with van der Waals surface area (Å²) in [6.07, 6.45) is 2.92. The molecule has 20 heavy (non-hydrogen) atoms. The van der Waals surface area contributed by atoms with Gasteiger partial charge in [0.2, 0.25) is 0 Å². The summed E-state index contributed by atoms with van der Waals surface area (Å²) in [6.45, 7) is 0. The highest BCUT2D eigenvalue weighted by atomic mass is 32.2. The molecule has 0 unspecified atom stereocenters. The quantitative estimate of drug-likeness (QED) is 0.633. The van der Waals surface area contributed by atoms with Crippen molar-refractivity contribution in [2.24, 2.45) is 0 Å². The molecule has 8 heteroatoms. The number of pyridine rings is 1. The van der Waals surface area contributed by atoms with E-state index in [9.17, 15) is 18.5 Å². The standard InChI is InChI=1S/C12H11N3O4S/c1-14(11-5-3-7-13-9-11)20(18,19)12-6-2-4-10(8-12)15(16)17/h2-9H,1H3. The minimum atomic E-state index is -3.86. The lowest BCUT2D eigenvalue weighted by molar-refractivity contribution is -0.385. The van der Waals surface area contributed by atoms with Crippen LogP contribution in [0.2, 0.25) is 0 Å². The maximum atomic E-state index is 12.4. The van der Waals surface area contributed by atoms with Gasteiger partial charge in [0.05, 0.1) is 21.7 Å². The lowest BCUT2D eigenvalue weighted by Gasteiger charge is -2.18. The Balaban J connectivity index is 2.45. The summed E-state index contributed by atoms with van der Waals surface area (Å²) in [5.41, 5.74) is 0.102. The Morgan fingerprint density at radius 1 is 1.25 bits per heavy atom. The van der Waals surface area contributed by atoms with E-state index in [1.54, 1.807) is 12.1 Å². The van der Waals surface area contributed by atoms with Crippen LogP contribution in [0.4, 0.5) is 11.4 Å². The third-order valence-electron chi connectivity index (χ3n) is 2.70. The molecular formula is C12H11N3O4S. The van der Waals surface area contributed by atoms with Crippen LogP contribution in [0.1, 0.15) is 0 Å². The van der Waals surface area contributed by atoms with Gasteiger partial charge >= 0.3 is 0 Å². The van der Waals surface area contributed by atoms with Crippen molar-refractivity contribution >= 4 is 21.4 Å². The highest BCUT2D eigenvalue weighted by molar-refractivity contribution is 7.92. The smallest absolute Gasteiger partial charge is 0.268 e. The first-order valence-electron chi connectivity index (χ1n) is 5.56. The van der Waals surface area contributed by atoms with E-state index in [4.69, 9.17) is 0 Å². The Kier molecular flexibility index (Phi) is 3.66. The average Bonchev–Trinajstić information content (AvgIpc) is 2.47. The molecule has 2 aromatic rings. The van der Waals surface area contributed by atoms with E-state index in [1.165, 1.54) is 37.6 Å². The Hall–Kier alpha value is -2.48. The van der Waals surface area contributed by atoms with Crippen molar-refractivity contribution < 1.29 is 13.3 Å². The molecule has 0 N–H and O–H groups in total. The third-order valence-corrected chi connectivity index (χ3v) is 4.48. The minimum Gasteiger partial charge on any atom is -0.268 e. The van der Waals surface area contributed by atoms with Gasteiger partial charge in [-0.15, -0.1) is 0 Å². The highest BCUT2D eigenvalue weighted by Crippen LogP contribution is 2.23. The first-order chi connectivity index (χ1) is 9.43. The zero-order valence-corrected chi connectivity index (χ0v) is 11.3. The molecule has 0 radical (unpaired) electrons. The molecule has 7 nitrogen and oxygen atoms in total. The third kappa shape index (κ3) is 2.59. The van der Waals surface area contributed by atoms with Gasteiger partial charge < -0.3 is 0 Å². The summed E-state index contributed by atoms with van der Waals surface area (Å²) in [6, 6.07) is 8.11. The summed E-state index contributed by atoms with van der Waals surface area (Å²) in [4.78, 5) is 13.8. The van der Waals surface area contributed by atoms with E-state index in [0.717, 1.165) is 10.4 Å². The fraction of sp³-hybridized carbons (Fsp3) is 0.0833. The number of rotatable bonds is 4. The van der Waals surface area contributed by atoms with E-state index in [-0.39, 0.29) is 10.6 Å². The van der Waals surface area contributed by atoms with Crippen LogP contribution in [0, 0.1) is 10.1 Å². The Labute approximate surface area is 115 Å². The number of benzene rings is 1. The molecule has 1 aromatic heterocycles. The van der Waals surface area contributed by atoms with Crippen molar-refractivity contribution in [1.29, 1.82) is 0 Å². The van der Waals surface area contributed by atoms with Gasteiger partial charge in [0.15, 0.2) is 0 Å². The van der Waals surface area contributed by atoms with E-state index in [0.29, 0.717) is 5.69 Å². The van der Waals surface area contributed by atoms with Gasteiger partial charge in [-0.05, 0) is 18.2 Å². The van der Waals surface area contributed by atoms with E-state index < -0.39 is 14.9 Å². The van der Waals surface area contributed by atoms with Crippen LogP contribution in [0.15, 0.2) is 53.7 Å². The van der Waals surface area contributed by atoms with Crippen LogP contribution in [-0.2, 0) is 10.0 Å². The van der Waals surface area contributed by atoms with Crippen molar-refractivity contribution in [3.8, 4) is 0 Å². The average molecular weight is 293 g/mol. The molecule has 0 amide bonds. The fourth-order valence-electron chi connectivity index (χ4n) is 1.59. The summed E-state index contributed by atoms with van der Waals surface area (Å²) >= 11 is 0. The van der Waals surface area contributed by atoms with Crippen molar-refractivity contribution in [2.45, 2.75) is 4.90 Å². The molecule has 0 aliphatic rings. The van der Waals surface area contributed by atoms with Gasteiger partial charge in [-0.25, -0.2) is 8.42 Å². The number of non-ortho nitro benzene ring substituents is 1. The number of hydrogen-bond donors (Lipinski definition) is 0. The van der Waals surface area contributed by atoms with Gasteiger partial charge in [-0.3, -0.25) is 19.4 Å². The fourth-order valence-corrected chi connectivity index (χ4v) is 2.82. The lowest BCUT2D eigenvalue weighted by Crippen LogP contribution is -2.26. The van der Waals surface area contributed by atoms with E-state index in [2.05, 4.69) is 4.98 Å². The monoisotopic (exact) mass is 293 g/mol. The normalized spacial score (nSPS) is 11.1. The summed E-state index contributed by atoms with van der Waals surface area (Å²) < 4.78 is 25.8. The second-order valence-electron chi connectivity index (χ2n) is 3.94. The molecule has 0 aliphatic carbocycles. The molecule has 104 valence electrons. The molecule has 2 rings (SSSR count). The van der Waals surface area contributed by atoms with Crippen LogP contribution < -0.4 is 4.31 Å². The molecule has 1 heterocycles. The Morgan fingerprint density at radius 3 is 2.60 bits per heavy atom. The molecule has 0 spiro atoms. The minimum absolute atomic E-state index is 0.141. The Morgan fingerprint density at radius 2 is 2.00 bits per heavy atom. The maximum absolute atomic E-state index is 12.4. The van der Waals surface area contributed by atoms with Crippen molar-refractivity contribution in [3.05, 3.63) is 58.9 Å². The molecule has 0 saturated heterocycles. The maximum Gasteiger partial charge on any atom is 0.270 e. The van der Waals surface area contributed by atoms with Crippen LogP contribution >= 0.6 is 0 Å². The van der Waals surface area contributed by atoms with Crippen LogP contribution in [0.3, 0.4) is 0 Å². The number of nitro benzene ring substituents is 1. The summed E-state index contributed by atoms with van der Waals surface area (Å²) in [5, 5.41) is 10.7. The molecular weight excluding hydrogens is 282 g/mol. The van der Waals surface area contributed by atoms with Crippen LogP contribution in [0.25, 0.3) is 0 Å². The molecule has 0 aliphatic heterocycles. The Bertz CT molecular complexity index is 731. The van der Waals surface area contributed by atoms with Gasteiger partial charge in [0.1, 0.15) is 0 Å². The van der Waals surface area contributed by atoms with Crippen LogP contribution in [-0.4, -0.2) is 25.4 Å². The number of aromatic nitrogens is 1. The van der Waals surface area contributed by atoms with Crippen molar-refractivity contribution in [3.63, 3.8) is 0 Å². The highest BCUT2D eigenvalue weighted by Gasteiger charge is 2.23. The van der Waals surface area contributed by atoms with Gasteiger partial charge in [0.25, 0.3) is 15.7 Å². The first kappa shape index (κ1) is 13.9. The zero-order valence-electron chi connectivity index (χ0n) is 10.5. The second-order valence-corrected chi connectivity index (χ2v) is 5.91. The molecule has 0 bridgehead atoms. The van der Waals surface area contributed by atoms with E-state index >= 15 is 0 Å². The molecule has 0 fully saturated rings. The topological polar surface area (TPSA) is 93.4 Å². The summed E-state index contributed by atoms with van der Waals surface area (Å²) in [5.74, 6) is 0. The van der Waals surface area contributed by atoms with Crippen molar-refractivity contribution in [2.75, 3.05) is 11.4 Å². The van der Waals surface area contributed by atoms with E-state index in [1.807, 2.05) is 0 Å². The van der Waals surface area contributed by atoms with Gasteiger partial charge in [0, 0.05) is 25.4 Å². The SMILES string of the molecule is CN(c1cccnc1)S(=O)(=O)c1cccc([N+](=O)[O-])c1. The number of nitro groups is 1. The summed E-state index contributed by atoms with van der Waals surface area (Å²) in [7, 11) is -2.49. The van der Waals surface area contributed by atoms with Gasteiger partial charge in [-0.1, -0.05) is 6.07 Å². The van der Waals surface area contributed by atoms with Crippen LogP contribution in [0.5, 0.6) is 0 Å².